The fourth-order valence-electron chi connectivity index (χ4n) is 1.93. The van der Waals surface area contributed by atoms with E-state index >= 15 is 0 Å². The second-order valence-corrected chi connectivity index (χ2v) is 5.78. The number of pyridine rings is 1. The summed E-state index contributed by atoms with van der Waals surface area (Å²) in [6.07, 6.45) is 1.48. The van der Waals surface area contributed by atoms with Crippen LogP contribution in [0.4, 0.5) is 5.82 Å². The molecule has 0 bridgehead atoms. The van der Waals surface area contributed by atoms with Crippen molar-refractivity contribution in [1.29, 1.82) is 0 Å². The molecular weight excluding hydrogens is 314 g/mol. The van der Waals surface area contributed by atoms with Crippen molar-refractivity contribution in [3.63, 3.8) is 0 Å². The minimum Gasteiger partial charge on any atom is -0.487 e. The van der Waals surface area contributed by atoms with Crippen LogP contribution in [-0.4, -0.2) is 42.5 Å². The second-order valence-electron chi connectivity index (χ2n) is 5.37. The van der Waals surface area contributed by atoms with Crippen molar-refractivity contribution in [2.24, 2.45) is 0 Å². The first-order valence-corrected chi connectivity index (χ1v) is 7.68. The fraction of sp³-hybridized carbons (Fsp3) is 0.294. The molecule has 2 rings (SSSR count). The lowest BCUT2D eigenvalue weighted by Gasteiger charge is -2.17. The third-order valence-corrected chi connectivity index (χ3v) is 3.46. The number of amides is 1. The van der Waals surface area contributed by atoms with Crippen LogP contribution in [0.15, 0.2) is 42.6 Å². The van der Waals surface area contributed by atoms with Gasteiger partial charge in [0.25, 0.3) is 5.91 Å². The Morgan fingerprint density at radius 3 is 2.65 bits per heavy atom. The average Bonchev–Trinajstić information content (AvgIpc) is 2.55. The summed E-state index contributed by atoms with van der Waals surface area (Å²) in [6, 6.07) is 10.9. The summed E-state index contributed by atoms with van der Waals surface area (Å²) < 4.78 is 5.78. The summed E-state index contributed by atoms with van der Waals surface area (Å²) in [6.45, 7) is 2.51. The third-order valence-electron chi connectivity index (χ3n) is 3.15. The third kappa shape index (κ3) is 4.86. The SMILES string of the molecule is CC(CNc1ccc(C(=O)N(C)C)cn1)Oc1ccccc1Cl. The first-order valence-electron chi connectivity index (χ1n) is 7.30. The van der Waals surface area contributed by atoms with Crippen LogP contribution in [0, 0.1) is 0 Å². The molecule has 0 radical (unpaired) electrons. The van der Waals surface area contributed by atoms with E-state index in [1.54, 1.807) is 38.5 Å². The van der Waals surface area contributed by atoms with E-state index in [0.717, 1.165) is 0 Å². The summed E-state index contributed by atoms with van der Waals surface area (Å²) in [5, 5.41) is 3.76. The summed E-state index contributed by atoms with van der Waals surface area (Å²) >= 11 is 6.06. The molecule has 1 aromatic heterocycles. The average molecular weight is 334 g/mol. The largest absolute Gasteiger partial charge is 0.487 e. The Hall–Kier alpha value is -2.27. The highest BCUT2D eigenvalue weighted by atomic mass is 35.5. The Balaban J connectivity index is 1.88. The smallest absolute Gasteiger partial charge is 0.254 e. The van der Waals surface area contributed by atoms with E-state index in [1.165, 1.54) is 4.90 Å². The molecule has 0 aliphatic carbocycles. The standard InChI is InChI=1S/C17H20ClN3O2/c1-12(23-15-7-5-4-6-14(15)18)10-19-16-9-8-13(11-20-16)17(22)21(2)3/h4-9,11-12H,10H2,1-3H3,(H,19,20). The number of para-hydroxylation sites is 1. The summed E-state index contributed by atoms with van der Waals surface area (Å²) in [5.41, 5.74) is 0.556. The molecule has 0 fully saturated rings. The van der Waals surface area contributed by atoms with E-state index in [4.69, 9.17) is 16.3 Å². The number of ether oxygens (including phenoxy) is 1. The maximum Gasteiger partial charge on any atom is 0.254 e. The van der Waals surface area contributed by atoms with Crippen LogP contribution in [-0.2, 0) is 0 Å². The first-order chi connectivity index (χ1) is 11.0. The van der Waals surface area contributed by atoms with Crippen LogP contribution in [0.25, 0.3) is 0 Å². The number of carbonyl (C=O) groups excluding carboxylic acids is 1. The predicted octanol–water partition coefficient (Wildman–Crippen LogP) is 3.32. The summed E-state index contributed by atoms with van der Waals surface area (Å²) in [5.74, 6) is 1.28. The van der Waals surface area contributed by atoms with Gasteiger partial charge in [-0.15, -0.1) is 0 Å². The normalized spacial score (nSPS) is 11.7. The maximum atomic E-state index is 11.8. The highest BCUT2D eigenvalue weighted by Crippen LogP contribution is 2.24. The van der Waals surface area contributed by atoms with E-state index in [0.29, 0.717) is 28.7 Å². The zero-order valence-electron chi connectivity index (χ0n) is 13.4. The molecule has 1 amide bonds. The van der Waals surface area contributed by atoms with Crippen LogP contribution < -0.4 is 10.1 Å². The number of rotatable bonds is 6. The molecule has 122 valence electrons. The second kappa shape index (κ2) is 7.83. The molecule has 0 saturated carbocycles. The molecule has 5 nitrogen and oxygen atoms in total. The van der Waals surface area contributed by atoms with E-state index < -0.39 is 0 Å². The molecule has 2 aromatic rings. The molecule has 23 heavy (non-hydrogen) atoms. The van der Waals surface area contributed by atoms with Gasteiger partial charge in [-0.3, -0.25) is 4.79 Å². The molecular formula is C17H20ClN3O2. The number of benzene rings is 1. The molecule has 1 aromatic carbocycles. The first kappa shape index (κ1) is 17.1. The van der Waals surface area contributed by atoms with Gasteiger partial charge in [0.05, 0.1) is 17.1 Å². The van der Waals surface area contributed by atoms with E-state index in [9.17, 15) is 4.79 Å². The van der Waals surface area contributed by atoms with Gasteiger partial charge < -0.3 is 15.0 Å². The Morgan fingerprint density at radius 2 is 2.04 bits per heavy atom. The van der Waals surface area contributed by atoms with Crippen LogP contribution >= 0.6 is 11.6 Å². The minimum atomic E-state index is -0.0835. The number of hydrogen-bond acceptors (Lipinski definition) is 4. The highest BCUT2D eigenvalue weighted by molar-refractivity contribution is 6.32. The predicted molar refractivity (Wildman–Crippen MR) is 92.3 cm³/mol. The van der Waals surface area contributed by atoms with E-state index in [2.05, 4.69) is 10.3 Å². The lowest BCUT2D eigenvalue weighted by atomic mass is 10.2. The van der Waals surface area contributed by atoms with Crippen molar-refractivity contribution in [1.82, 2.24) is 9.88 Å². The molecule has 0 aliphatic rings. The summed E-state index contributed by atoms with van der Waals surface area (Å²) in [4.78, 5) is 17.5. The van der Waals surface area contributed by atoms with E-state index in [-0.39, 0.29) is 12.0 Å². The number of halogens is 1. The highest BCUT2D eigenvalue weighted by Gasteiger charge is 2.09. The van der Waals surface area contributed by atoms with Crippen molar-refractivity contribution in [2.75, 3.05) is 26.0 Å². The topological polar surface area (TPSA) is 54.5 Å². The Morgan fingerprint density at radius 1 is 1.30 bits per heavy atom. The fourth-order valence-corrected chi connectivity index (χ4v) is 2.11. The number of carbonyl (C=O) groups is 1. The zero-order valence-corrected chi connectivity index (χ0v) is 14.2. The van der Waals surface area contributed by atoms with Gasteiger partial charge in [0.2, 0.25) is 0 Å². The Kier molecular flexibility index (Phi) is 5.82. The van der Waals surface area contributed by atoms with E-state index in [1.807, 2.05) is 25.1 Å². The van der Waals surface area contributed by atoms with Gasteiger partial charge in [-0.1, -0.05) is 23.7 Å². The number of nitrogens with one attached hydrogen (secondary N) is 1. The van der Waals surface area contributed by atoms with Gasteiger partial charge >= 0.3 is 0 Å². The lowest BCUT2D eigenvalue weighted by molar-refractivity contribution is 0.0827. The zero-order chi connectivity index (χ0) is 16.8. The number of aromatic nitrogens is 1. The molecule has 1 N–H and O–H groups in total. The van der Waals surface area contributed by atoms with Crippen molar-refractivity contribution in [3.05, 3.63) is 53.2 Å². The number of hydrogen-bond donors (Lipinski definition) is 1. The van der Waals surface area contributed by atoms with Crippen molar-refractivity contribution in [2.45, 2.75) is 13.0 Å². The maximum absolute atomic E-state index is 11.8. The molecule has 1 atom stereocenters. The van der Waals surface area contributed by atoms with Gasteiger partial charge in [0.1, 0.15) is 17.7 Å². The van der Waals surface area contributed by atoms with Crippen molar-refractivity contribution < 1.29 is 9.53 Å². The van der Waals surface area contributed by atoms with Gasteiger partial charge in [0.15, 0.2) is 0 Å². The molecule has 1 unspecified atom stereocenters. The van der Waals surface area contributed by atoms with Gasteiger partial charge in [-0.05, 0) is 31.2 Å². The van der Waals surface area contributed by atoms with Crippen molar-refractivity contribution >= 4 is 23.3 Å². The summed E-state index contributed by atoms with van der Waals surface area (Å²) in [7, 11) is 3.42. The van der Waals surface area contributed by atoms with Gasteiger partial charge in [0, 0.05) is 20.3 Å². The van der Waals surface area contributed by atoms with Crippen LogP contribution in [0.5, 0.6) is 5.75 Å². The lowest BCUT2D eigenvalue weighted by Crippen LogP contribution is -2.24. The minimum absolute atomic E-state index is 0.0699. The number of nitrogens with zero attached hydrogens (tertiary/aromatic N) is 2. The molecule has 0 aliphatic heterocycles. The van der Waals surface area contributed by atoms with Crippen LogP contribution in [0.2, 0.25) is 5.02 Å². The molecule has 0 saturated heterocycles. The molecule has 0 spiro atoms. The van der Waals surface area contributed by atoms with Crippen molar-refractivity contribution in [3.8, 4) is 5.75 Å². The van der Waals surface area contributed by atoms with Crippen LogP contribution in [0.1, 0.15) is 17.3 Å². The Labute approximate surface area is 141 Å². The number of anilines is 1. The molecule has 1 heterocycles. The Bertz CT molecular complexity index is 659. The van der Waals surface area contributed by atoms with Crippen LogP contribution in [0.3, 0.4) is 0 Å². The van der Waals surface area contributed by atoms with Gasteiger partial charge in [-0.2, -0.15) is 0 Å². The molecule has 6 heteroatoms. The monoisotopic (exact) mass is 333 g/mol. The van der Waals surface area contributed by atoms with Gasteiger partial charge in [-0.25, -0.2) is 4.98 Å². The quantitative estimate of drug-likeness (QED) is 0.881.